The lowest BCUT2D eigenvalue weighted by molar-refractivity contribution is -0.497. The number of primary amides is 1. The van der Waals surface area contributed by atoms with Gasteiger partial charge in [-0.25, -0.2) is 4.98 Å². The lowest BCUT2D eigenvalue weighted by Gasteiger charge is -2.33. The number of hydrogen-bond acceptors (Lipinski definition) is 6. The van der Waals surface area contributed by atoms with Crippen LogP contribution in [0.25, 0.3) is 0 Å². The van der Waals surface area contributed by atoms with Crippen molar-refractivity contribution in [2.24, 2.45) is 17.6 Å². The van der Waals surface area contributed by atoms with Gasteiger partial charge in [0, 0.05) is 37.2 Å². The fourth-order valence-corrected chi connectivity index (χ4v) is 3.26. The van der Waals surface area contributed by atoms with Crippen LogP contribution in [-0.4, -0.2) is 47.4 Å². The van der Waals surface area contributed by atoms with E-state index in [1.54, 1.807) is 18.3 Å². The lowest BCUT2D eigenvalue weighted by Crippen LogP contribution is -2.40. The summed E-state index contributed by atoms with van der Waals surface area (Å²) in [6.45, 7) is 1.97. The Morgan fingerprint density at radius 2 is 2.12 bits per heavy atom. The number of nitro groups is 1. The number of amides is 2. The van der Waals surface area contributed by atoms with Crippen LogP contribution < -0.4 is 16.0 Å². The molecule has 1 saturated heterocycles. The van der Waals surface area contributed by atoms with Gasteiger partial charge in [-0.3, -0.25) is 19.7 Å². The molecule has 2 aliphatic rings. The van der Waals surface area contributed by atoms with Crippen molar-refractivity contribution in [3.8, 4) is 0 Å². The molecule has 25 heavy (non-hydrogen) atoms. The number of nitrogens with two attached hydrogens (primary N) is 1. The number of anilines is 1. The predicted octanol–water partition coefficient (Wildman–Crippen LogP) is 0.178. The Morgan fingerprint density at radius 1 is 1.40 bits per heavy atom. The molecular weight excluding hydrogens is 326 g/mol. The Kier molecular flexibility index (Phi) is 4.82. The highest BCUT2D eigenvalue weighted by molar-refractivity contribution is 5.97. The molecule has 2 atom stereocenters. The van der Waals surface area contributed by atoms with Crippen molar-refractivity contribution < 1.29 is 14.5 Å². The Bertz CT molecular complexity index is 687. The Balaban J connectivity index is 1.47. The smallest absolute Gasteiger partial charge is 0.252 e. The summed E-state index contributed by atoms with van der Waals surface area (Å²) >= 11 is 0. The molecule has 9 heteroatoms. The number of nitrogens with zero attached hydrogens (tertiary/aromatic N) is 3. The second-order valence-electron chi connectivity index (χ2n) is 6.61. The van der Waals surface area contributed by atoms with Gasteiger partial charge in [0.15, 0.2) is 0 Å². The molecule has 1 aliphatic carbocycles. The summed E-state index contributed by atoms with van der Waals surface area (Å²) in [6.07, 6.45) is 3.67. The summed E-state index contributed by atoms with van der Waals surface area (Å²) in [4.78, 5) is 39.9. The number of piperidine rings is 1. The van der Waals surface area contributed by atoms with E-state index in [-0.39, 0.29) is 10.8 Å². The van der Waals surface area contributed by atoms with Crippen LogP contribution in [0.5, 0.6) is 0 Å². The number of nitrogens with one attached hydrogen (secondary N) is 1. The van der Waals surface area contributed by atoms with Gasteiger partial charge in [0.2, 0.25) is 11.9 Å². The summed E-state index contributed by atoms with van der Waals surface area (Å²) in [7, 11) is 0. The molecule has 2 fully saturated rings. The zero-order valence-corrected chi connectivity index (χ0v) is 13.8. The number of carbonyl (C=O) groups is 2. The van der Waals surface area contributed by atoms with E-state index in [9.17, 15) is 19.7 Å². The minimum atomic E-state index is -0.710. The van der Waals surface area contributed by atoms with E-state index in [2.05, 4.69) is 10.3 Å². The van der Waals surface area contributed by atoms with Crippen LogP contribution in [0.3, 0.4) is 0 Å². The van der Waals surface area contributed by atoms with Crippen LogP contribution in [0, 0.1) is 22.0 Å². The first-order valence-corrected chi connectivity index (χ1v) is 8.38. The molecule has 1 aromatic rings. The normalized spacial score (nSPS) is 23.1. The number of carbonyl (C=O) groups excluding carboxylic acids is 2. The van der Waals surface area contributed by atoms with Gasteiger partial charge in [0.05, 0.1) is 5.56 Å². The van der Waals surface area contributed by atoms with E-state index in [1.807, 2.05) is 4.90 Å². The van der Waals surface area contributed by atoms with Gasteiger partial charge in [-0.05, 0) is 30.9 Å². The zero-order valence-electron chi connectivity index (χ0n) is 13.8. The highest BCUT2D eigenvalue weighted by atomic mass is 16.6. The monoisotopic (exact) mass is 347 g/mol. The first kappa shape index (κ1) is 17.1. The van der Waals surface area contributed by atoms with Gasteiger partial charge >= 0.3 is 0 Å². The molecule has 2 heterocycles. The Hall–Kier alpha value is -2.71. The molecule has 1 aromatic heterocycles. The third kappa shape index (κ3) is 3.86. The zero-order chi connectivity index (χ0) is 18.0. The molecule has 2 amide bonds. The molecule has 3 rings (SSSR count). The van der Waals surface area contributed by atoms with E-state index < -0.39 is 17.9 Å². The number of rotatable bonds is 6. The molecule has 1 saturated carbocycles. The van der Waals surface area contributed by atoms with E-state index in [0.29, 0.717) is 30.3 Å². The number of pyridine rings is 1. The maximum atomic E-state index is 11.9. The molecular formula is C16H21N5O4. The topological polar surface area (TPSA) is 131 Å². The second kappa shape index (κ2) is 7.04. The van der Waals surface area contributed by atoms with Gasteiger partial charge in [0.1, 0.15) is 11.7 Å². The largest absolute Gasteiger partial charge is 0.365 e. The van der Waals surface area contributed by atoms with Crippen LogP contribution in [0.4, 0.5) is 5.82 Å². The fourth-order valence-electron chi connectivity index (χ4n) is 3.26. The second-order valence-corrected chi connectivity index (χ2v) is 6.61. The first-order valence-electron chi connectivity index (χ1n) is 8.38. The van der Waals surface area contributed by atoms with Crippen LogP contribution in [-0.2, 0) is 4.79 Å². The van der Waals surface area contributed by atoms with Crippen molar-refractivity contribution in [2.75, 3.05) is 24.5 Å². The maximum Gasteiger partial charge on any atom is 0.252 e. The van der Waals surface area contributed by atoms with Crippen molar-refractivity contribution >= 4 is 17.6 Å². The van der Waals surface area contributed by atoms with Crippen molar-refractivity contribution in [2.45, 2.75) is 25.3 Å². The van der Waals surface area contributed by atoms with E-state index >= 15 is 0 Å². The molecule has 0 unspecified atom stereocenters. The molecule has 1 aliphatic heterocycles. The third-order valence-corrected chi connectivity index (χ3v) is 4.90. The van der Waals surface area contributed by atoms with Gasteiger partial charge in [-0.2, -0.15) is 0 Å². The van der Waals surface area contributed by atoms with Gasteiger partial charge in [0.25, 0.3) is 5.91 Å². The first-order chi connectivity index (χ1) is 12.0. The average molecular weight is 347 g/mol. The van der Waals surface area contributed by atoms with Crippen LogP contribution >= 0.6 is 0 Å². The quantitative estimate of drug-likeness (QED) is 0.557. The Morgan fingerprint density at radius 3 is 2.72 bits per heavy atom. The molecule has 134 valence electrons. The summed E-state index contributed by atoms with van der Waals surface area (Å²) in [5.74, 6) is -0.271. The van der Waals surface area contributed by atoms with E-state index in [0.717, 1.165) is 25.9 Å². The predicted molar refractivity (Wildman–Crippen MR) is 89.6 cm³/mol. The van der Waals surface area contributed by atoms with Crippen molar-refractivity contribution in [3.05, 3.63) is 34.0 Å². The minimum absolute atomic E-state index is 0.218. The molecule has 0 radical (unpaired) electrons. The minimum Gasteiger partial charge on any atom is -0.365 e. The highest BCUT2D eigenvalue weighted by Crippen LogP contribution is 2.33. The van der Waals surface area contributed by atoms with Gasteiger partial charge in [-0.1, -0.05) is 0 Å². The van der Waals surface area contributed by atoms with Crippen molar-refractivity contribution in [1.82, 2.24) is 10.3 Å². The molecule has 0 aromatic carbocycles. The Labute approximate surface area is 144 Å². The third-order valence-electron chi connectivity index (χ3n) is 4.90. The molecule has 3 N–H and O–H groups in total. The molecule has 9 nitrogen and oxygen atoms in total. The number of hydrogen-bond donors (Lipinski definition) is 2. The average Bonchev–Trinajstić information content (AvgIpc) is 3.41. The summed E-state index contributed by atoms with van der Waals surface area (Å²) in [5.41, 5.74) is 5.81. The van der Waals surface area contributed by atoms with Gasteiger partial charge < -0.3 is 16.0 Å². The molecule has 0 spiro atoms. The van der Waals surface area contributed by atoms with E-state index in [4.69, 9.17) is 5.73 Å². The fraction of sp³-hybridized carbons (Fsp3) is 0.562. The summed E-state index contributed by atoms with van der Waals surface area (Å²) < 4.78 is 0. The van der Waals surface area contributed by atoms with Gasteiger partial charge in [-0.15, -0.1) is 0 Å². The lowest BCUT2D eigenvalue weighted by atomic mass is 9.96. The number of aromatic nitrogens is 1. The van der Waals surface area contributed by atoms with Crippen LogP contribution in [0.2, 0.25) is 0 Å². The van der Waals surface area contributed by atoms with Crippen molar-refractivity contribution in [3.63, 3.8) is 0 Å². The molecule has 0 bridgehead atoms. The van der Waals surface area contributed by atoms with E-state index in [1.165, 1.54) is 0 Å². The SMILES string of the molecule is NC(=O)c1cccnc1N1CCC(CNC(=O)[C@H]2C[C@H]2[N+](=O)[O-])CC1. The van der Waals surface area contributed by atoms with Crippen LogP contribution in [0.1, 0.15) is 29.6 Å². The summed E-state index contributed by atoms with van der Waals surface area (Å²) in [6, 6.07) is 2.64. The standard InChI is InChI=1S/C16H21N5O4/c17-14(22)11-2-1-5-18-15(11)20-6-3-10(4-7-20)9-19-16(23)12-8-13(12)21(24)25/h1-2,5,10,12-13H,3-4,6-9H2,(H2,17,22)(H,19,23)/t12-,13+/m0/s1. The summed E-state index contributed by atoms with van der Waals surface area (Å²) in [5, 5.41) is 13.4. The van der Waals surface area contributed by atoms with Crippen molar-refractivity contribution in [1.29, 1.82) is 0 Å². The van der Waals surface area contributed by atoms with Crippen LogP contribution in [0.15, 0.2) is 18.3 Å². The maximum absolute atomic E-state index is 11.9. The highest BCUT2D eigenvalue weighted by Gasteiger charge is 2.53.